The van der Waals surface area contributed by atoms with Gasteiger partial charge in [0.25, 0.3) is 0 Å². The van der Waals surface area contributed by atoms with Crippen molar-refractivity contribution in [3.63, 3.8) is 0 Å². The first kappa shape index (κ1) is 17.5. The first-order valence-electron chi connectivity index (χ1n) is 7.81. The average molecular weight is 328 g/mol. The van der Waals surface area contributed by atoms with Gasteiger partial charge in [-0.05, 0) is 69.5 Å². The van der Waals surface area contributed by atoms with Crippen LogP contribution >= 0.6 is 11.8 Å². The first-order valence-corrected chi connectivity index (χ1v) is 8.80. The van der Waals surface area contributed by atoms with Gasteiger partial charge in [-0.3, -0.25) is 9.78 Å². The van der Waals surface area contributed by atoms with E-state index in [0.29, 0.717) is 6.42 Å². The van der Waals surface area contributed by atoms with Crippen molar-refractivity contribution in [3.8, 4) is 0 Å². The molecule has 2 aromatic rings. The number of aromatic nitrogens is 1. The number of carbonyl (C=O) groups excluding carboxylic acids is 1. The second-order valence-electron chi connectivity index (χ2n) is 5.93. The number of amides is 1. The quantitative estimate of drug-likeness (QED) is 0.806. The van der Waals surface area contributed by atoms with Gasteiger partial charge >= 0.3 is 0 Å². The molecule has 0 aliphatic carbocycles. The fourth-order valence-corrected chi connectivity index (χ4v) is 3.43. The third kappa shape index (κ3) is 4.83. The minimum Gasteiger partial charge on any atom is -0.324 e. The summed E-state index contributed by atoms with van der Waals surface area (Å²) in [6.07, 6.45) is 0.490. The summed E-state index contributed by atoms with van der Waals surface area (Å²) in [6, 6.07) is 8.41. The minimum atomic E-state index is 0.0400. The number of hydrogen-bond donors (Lipinski definition) is 1. The number of carbonyl (C=O) groups is 1. The highest BCUT2D eigenvalue weighted by atomic mass is 32.2. The predicted octanol–water partition coefficient (Wildman–Crippen LogP) is 4.74. The summed E-state index contributed by atoms with van der Waals surface area (Å²) < 4.78 is 0. The molecule has 2 rings (SSSR count). The molecule has 23 heavy (non-hydrogen) atoms. The topological polar surface area (TPSA) is 42.0 Å². The van der Waals surface area contributed by atoms with Gasteiger partial charge in [0.2, 0.25) is 5.91 Å². The number of pyridine rings is 1. The zero-order chi connectivity index (χ0) is 17.0. The van der Waals surface area contributed by atoms with Crippen molar-refractivity contribution in [1.29, 1.82) is 0 Å². The van der Waals surface area contributed by atoms with Gasteiger partial charge in [0.15, 0.2) is 0 Å². The maximum Gasteiger partial charge on any atom is 0.225 e. The molecule has 0 radical (unpaired) electrons. The fraction of sp³-hybridized carbons (Fsp3) is 0.368. The highest BCUT2D eigenvalue weighted by Gasteiger charge is 2.09. The van der Waals surface area contributed by atoms with Gasteiger partial charge in [-0.15, -0.1) is 11.8 Å². The van der Waals surface area contributed by atoms with Crippen LogP contribution in [-0.2, 0) is 4.79 Å². The molecule has 1 N–H and O–H groups in total. The van der Waals surface area contributed by atoms with E-state index in [1.165, 1.54) is 16.0 Å². The normalized spacial score (nSPS) is 10.7. The molecule has 0 fully saturated rings. The Bertz CT molecular complexity index is 702. The lowest BCUT2D eigenvalue weighted by Crippen LogP contribution is -2.15. The third-order valence-electron chi connectivity index (χ3n) is 3.87. The van der Waals surface area contributed by atoms with E-state index in [0.717, 1.165) is 28.4 Å². The van der Waals surface area contributed by atoms with Crippen molar-refractivity contribution in [2.45, 2.75) is 45.9 Å². The van der Waals surface area contributed by atoms with Crippen LogP contribution in [0, 0.1) is 34.6 Å². The van der Waals surface area contributed by atoms with E-state index in [4.69, 9.17) is 0 Å². The maximum absolute atomic E-state index is 12.2. The van der Waals surface area contributed by atoms with Gasteiger partial charge in [0.05, 0.1) is 11.4 Å². The lowest BCUT2D eigenvalue weighted by molar-refractivity contribution is -0.115. The van der Waals surface area contributed by atoms with Gasteiger partial charge in [-0.1, -0.05) is 6.07 Å². The van der Waals surface area contributed by atoms with E-state index in [1.54, 1.807) is 11.8 Å². The molecular weight excluding hydrogens is 304 g/mol. The summed E-state index contributed by atoms with van der Waals surface area (Å²) in [5.74, 6) is 0.810. The largest absolute Gasteiger partial charge is 0.324 e. The Morgan fingerprint density at radius 1 is 1.04 bits per heavy atom. The van der Waals surface area contributed by atoms with Gasteiger partial charge in [0.1, 0.15) is 0 Å². The smallest absolute Gasteiger partial charge is 0.225 e. The molecule has 1 aromatic carbocycles. The summed E-state index contributed by atoms with van der Waals surface area (Å²) >= 11 is 1.72. The van der Waals surface area contributed by atoms with E-state index in [-0.39, 0.29) is 5.91 Å². The molecule has 0 spiro atoms. The Morgan fingerprint density at radius 2 is 1.78 bits per heavy atom. The number of benzene rings is 1. The van der Waals surface area contributed by atoms with Crippen LogP contribution in [0.4, 0.5) is 5.69 Å². The summed E-state index contributed by atoms with van der Waals surface area (Å²) in [4.78, 5) is 17.8. The Hall–Kier alpha value is -1.81. The van der Waals surface area contributed by atoms with Crippen LogP contribution in [0.15, 0.2) is 29.2 Å². The van der Waals surface area contributed by atoms with Crippen LogP contribution in [0.2, 0.25) is 0 Å². The van der Waals surface area contributed by atoms with Crippen LogP contribution < -0.4 is 5.32 Å². The number of rotatable bonds is 5. The summed E-state index contributed by atoms with van der Waals surface area (Å²) in [7, 11) is 0. The molecule has 0 saturated carbocycles. The van der Waals surface area contributed by atoms with Crippen molar-refractivity contribution in [3.05, 3.63) is 52.3 Å². The molecule has 0 unspecified atom stereocenters. The molecular formula is C19H24N2OS. The SMILES string of the molecule is Cc1cc(C)c(NC(=O)CCSc2ccc(C)c(C)c2)c(C)n1. The molecule has 1 amide bonds. The Morgan fingerprint density at radius 3 is 2.43 bits per heavy atom. The van der Waals surface area contributed by atoms with Crippen LogP contribution in [-0.4, -0.2) is 16.6 Å². The molecule has 0 bridgehead atoms. The van der Waals surface area contributed by atoms with Crippen LogP contribution in [0.5, 0.6) is 0 Å². The van der Waals surface area contributed by atoms with Gasteiger partial charge < -0.3 is 5.32 Å². The summed E-state index contributed by atoms with van der Waals surface area (Å²) in [5.41, 5.74) is 6.34. The van der Waals surface area contributed by atoms with Crippen molar-refractivity contribution in [2.75, 3.05) is 11.1 Å². The molecule has 4 heteroatoms. The number of aryl methyl sites for hydroxylation is 5. The lowest BCUT2D eigenvalue weighted by atomic mass is 10.1. The third-order valence-corrected chi connectivity index (χ3v) is 4.86. The van der Waals surface area contributed by atoms with E-state index >= 15 is 0 Å². The number of hydrogen-bond acceptors (Lipinski definition) is 3. The van der Waals surface area contributed by atoms with Gasteiger partial charge in [0, 0.05) is 22.8 Å². The van der Waals surface area contributed by atoms with Crippen molar-refractivity contribution in [2.24, 2.45) is 0 Å². The second-order valence-corrected chi connectivity index (χ2v) is 7.10. The van der Waals surface area contributed by atoms with E-state index in [1.807, 2.05) is 26.8 Å². The van der Waals surface area contributed by atoms with E-state index < -0.39 is 0 Å². The standard InChI is InChI=1S/C19H24N2OS/c1-12-6-7-17(11-13(12)2)23-9-8-18(22)21-19-14(3)10-15(4)20-16(19)5/h6-7,10-11H,8-9H2,1-5H3,(H,21,22). The second kappa shape index (κ2) is 7.64. The highest BCUT2D eigenvalue weighted by molar-refractivity contribution is 7.99. The van der Waals surface area contributed by atoms with Crippen LogP contribution in [0.1, 0.15) is 34.5 Å². The molecule has 0 atom stereocenters. The number of nitrogens with one attached hydrogen (secondary N) is 1. The number of thioether (sulfide) groups is 1. The van der Waals surface area contributed by atoms with Crippen molar-refractivity contribution in [1.82, 2.24) is 4.98 Å². The molecule has 1 aromatic heterocycles. The molecule has 0 saturated heterocycles. The van der Waals surface area contributed by atoms with Gasteiger partial charge in [-0.25, -0.2) is 0 Å². The zero-order valence-corrected chi connectivity index (χ0v) is 15.3. The highest BCUT2D eigenvalue weighted by Crippen LogP contribution is 2.23. The van der Waals surface area contributed by atoms with Gasteiger partial charge in [-0.2, -0.15) is 0 Å². The monoisotopic (exact) mass is 328 g/mol. The number of nitrogens with zero attached hydrogens (tertiary/aromatic N) is 1. The van der Waals surface area contributed by atoms with E-state index in [9.17, 15) is 4.79 Å². The van der Waals surface area contributed by atoms with Crippen molar-refractivity contribution < 1.29 is 4.79 Å². The predicted molar refractivity (Wildman–Crippen MR) is 98.3 cm³/mol. The lowest BCUT2D eigenvalue weighted by Gasteiger charge is -2.12. The maximum atomic E-state index is 12.2. The molecule has 0 aliphatic rings. The Labute approximate surface area is 142 Å². The summed E-state index contributed by atoms with van der Waals surface area (Å²) in [6.45, 7) is 10.1. The molecule has 122 valence electrons. The molecule has 3 nitrogen and oxygen atoms in total. The number of anilines is 1. The van der Waals surface area contributed by atoms with Crippen molar-refractivity contribution >= 4 is 23.4 Å². The van der Waals surface area contributed by atoms with Crippen LogP contribution in [0.25, 0.3) is 0 Å². The van der Waals surface area contributed by atoms with Crippen LogP contribution in [0.3, 0.4) is 0 Å². The first-order chi connectivity index (χ1) is 10.9. The Kier molecular flexibility index (Phi) is 5.83. The Balaban J connectivity index is 1.89. The molecule has 0 aliphatic heterocycles. The fourth-order valence-electron chi connectivity index (χ4n) is 2.48. The average Bonchev–Trinajstić information content (AvgIpc) is 2.46. The summed E-state index contributed by atoms with van der Waals surface area (Å²) in [5, 5.41) is 3.00. The minimum absolute atomic E-state index is 0.0400. The molecule has 1 heterocycles. The zero-order valence-electron chi connectivity index (χ0n) is 14.5. The van der Waals surface area contributed by atoms with E-state index in [2.05, 4.69) is 42.3 Å².